The van der Waals surface area contributed by atoms with Crippen molar-refractivity contribution in [2.24, 2.45) is 0 Å². The van der Waals surface area contributed by atoms with Crippen molar-refractivity contribution in [2.75, 3.05) is 5.73 Å². The van der Waals surface area contributed by atoms with Gasteiger partial charge in [-0.3, -0.25) is 10.1 Å². The van der Waals surface area contributed by atoms with E-state index in [4.69, 9.17) is 5.73 Å². The fraction of sp³-hybridized carbons (Fsp3) is 0.250. The Kier molecular flexibility index (Phi) is 3.46. The first-order valence-corrected chi connectivity index (χ1v) is 5.77. The molecule has 6 nitrogen and oxygen atoms in total. The van der Waals surface area contributed by atoms with E-state index in [0.717, 1.165) is 6.20 Å². The molecule has 1 heterocycles. The monoisotopic (exact) mass is 264 g/mol. The molecular weight excluding hydrogens is 251 g/mol. The first-order chi connectivity index (χ1) is 9.04. The highest BCUT2D eigenvalue weighted by Gasteiger charge is 2.23. The van der Waals surface area contributed by atoms with Crippen LogP contribution in [0, 0.1) is 15.9 Å². The van der Waals surface area contributed by atoms with E-state index in [9.17, 15) is 14.5 Å². The summed E-state index contributed by atoms with van der Waals surface area (Å²) in [4.78, 5) is 10.2. The summed E-state index contributed by atoms with van der Waals surface area (Å²) in [5.74, 6) is -0.391. The molecule has 1 atom stereocenters. The number of nitrogens with two attached hydrogens (primary N) is 1. The van der Waals surface area contributed by atoms with Crippen LogP contribution in [0.2, 0.25) is 0 Å². The van der Waals surface area contributed by atoms with Crippen molar-refractivity contribution in [2.45, 2.75) is 19.4 Å². The lowest BCUT2D eigenvalue weighted by Gasteiger charge is -2.17. The molecule has 2 rings (SSSR count). The number of nitrogens with zero attached hydrogens (tertiary/aromatic N) is 3. The summed E-state index contributed by atoms with van der Waals surface area (Å²) in [6.07, 6.45) is 1.70. The first-order valence-electron chi connectivity index (χ1n) is 5.77. The van der Waals surface area contributed by atoms with E-state index in [2.05, 4.69) is 5.10 Å². The van der Waals surface area contributed by atoms with Crippen LogP contribution in [-0.4, -0.2) is 14.7 Å². The predicted molar refractivity (Wildman–Crippen MR) is 68.1 cm³/mol. The molecule has 0 saturated heterocycles. The molecule has 0 spiro atoms. The molecule has 0 amide bonds. The molecule has 1 aromatic heterocycles. The van der Waals surface area contributed by atoms with Gasteiger partial charge < -0.3 is 5.73 Å². The number of hydrogen-bond acceptors (Lipinski definition) is 4. The second kappa shape index (κ2) is 5.05. The SMILES string of the molecule is CCC(c1cccc(F)c1)n1ncc([N+](=O)[O-])c1N. The zero-order valence-electron chi connectivity index (χ0n) is 10.3. The number of halogens is 1. The standard InChI is InChI=1S/C12H13FN4O2/c1-2-10(8-4-3-5-9(13)6-8)16-12(14)11(7-15-16)17(18)19/h3-7,10H,2,14H2,1H3. The summed E-state index contributed by atoms with van der Waals surface area (Å²) in [6.45, 7) is 1.88. The van der Waals surface area contributed by atoms with Crippen LogP contribution >= 0.6 is 0 Å². The van der Waals surface area contributed by atoms with Crippen molar-refractivity contribution in [1.29, 1.82) is 0 Å². The van der Waals surface area contributed by atoms with Gasteiger partial charge in [-0.25, -0.2) is 9.07 Å². The molecule has 0 fully saturated rings. The van der Waals surface area contributed by atoms with Crippen LogP contribution in [-0.2, 0) is 0 Å². The van der Waals surface area contributed by atoms with E-state index >= 15 is 0 Å². The van der Waals surface area contributed by atoms with E-state index in [0.29, 0.717) is 12.0 Å². The average Bonchev–Trinajstić information content (AvgIpc) is 2.73. The summed E-state index contributed by atoms with van der Waals surface area (Å²) >= 11 is 0. The molecule has 1 unspecified atom stereocenters. The van der Waals surface area contributed by atoms with Crippen molar-refractivity contribution in [1.82, 2.24) is 9.78 Å². The highest BCUT2D eigenvalue weighted by Crippen LogP contribution is 2.29. The Morgan fingerprint density at radius 3 is 2.84 bits per heavy atom. The highest BCUT2D eigenvalue weighted by atomic mass is 19.1. The molecule has 7 heteroatoms. The molecule has 2 aromatic rings. The number of hydrogen-bond donors (Lipinski definition) is 1. The molecule has 0 bridgehead atoms. The second-order valence-corrected chi connectivity index (χ2v) is 4.10. The third kappa shape index (κ3) is 2.40. The van der Waals surface area contributed by atoms with Crippen LogP contribution in [0.15, 0.2) is 30.5 Å². The molecule has 0 aliphatic rings. The number of nitrogen functional groups attached to an aromatic ring is 1. The van der Waals surface area contributed by atoms with Gasteiger partial charge in [0, 0.05) is 0 Å². The smallest absolute Gasteiger partial charge is 0.330 e. The summed E-state index contributed by atoms with van der Waals surface area (Å²) in [5.41, 5.74) is 6.15. The van der Waals surface area contributed by atoms with Gasteiger partial charge in [0.25, 0.3) is 0 Å². The molecule has 19 heavy (non-hydrogen) atoms. The van der Waals surface area contributed by atoms with Crippen LogP contribution < -0.4 is 5.73 Å². The minimum Gasteiger partial charge on any atom is -0.378 e. The zero-order valence-corrected chi connectivity index (χ0v) is 10.3. The van der Waals surface area contributed by atoms with E-state index < -0.39 is 4.92 Å². The maximum absolute atomic E-state index is 13.2. The fourth-order valence-electron chi connectivity index (χ4n) is 2.02. The minimum absolute atomic E-state index is 0.0267. The lowest BCUT2D eigenvalue weighted by Crippen LogP contribution is -2.14. The van der Waals surface area contributed by atoms with E-state index in [1.165, 1.54) is 16.8 Å². The van der Waals surface area contributed by atoms with Gasteiger partial charge in [-0.15, -0.1) is 0 Å². The molecule has 1 aromatic carbocycles. The first kappa shape index (κ1) is 13.0. The maximum atomic E-state index is 13.2. The third-order valence-corrected chi connectivity index (χ3v) is 2.93. The number of rotatable bonds is 4. The Labute approximate surface area is 108 Å². The third-order valence-electron chi connectivity index (χ3n) is 2.93. The number of anilines is 1. The molecule has 0 saturated carbocycles. The summed E-state index contributed by atoms with van der Waals surface area (Å²) in [5, 5.41) is 14.7. The zero-order chi connectivity index (χ0) is 14.0. The molecule has 0 aliphatic carbocycles. The Morgan fingerprint density at radius 1 is 1.58 bits per heavy atom. The quantitative estimate of drug-likeness (QED) is 0.679. The minimum atomic E-state index is -0.586. The Hall–Kier alpha value is -2.44. The Bertz CT molecular complexity index is 612. The Balaban J connectivity index is 2.46. The van der Waals surface area contributed by atoms with E-state index in [1.54, 1.807) is 12.1 Å². The van der Waals surface area contributed by atoms with E-state index in [1.807, 2.05) is 6.92 Å². The van der Waals surface area contributed by atoms with Gasteiger partial charge in [-0.2, -0.15) is 5.10 Å². The predicted octanol–water partition coefficient (Wildman–Crippen LogP) is 2.51. The van der Waals surface area contributed by atoms with Crippen molar-refractivity contribution in [3.8, 4) is 0 Å². The van der Waals surface area contributed by atoms with Gasteiger partial charge >= 0.3 is 5.69 Å². The lowest BCUT2D eigenvalue weighted by molar-refractivity contribution is -0.384. The van der Waals surface area contributed by atoms with Gasteiger partial charge in [0.05, 0.1) is 11.0 Å². The Morgan fingerprint density at radius 2 is 2.32 bits per heavy atom. The van der Waals surface area contributed by atoms with Gasteiger partial charge in [-0.1, -0.05) is 19.1 Å². The summed E-state index contributed by atoms with van der Waals surface area (Å²) < 4.78 is 14.6. The second-order valence-electron chi connectivity index (χ2n) is 4.10. The van der Waals surface area contributed by atoms with Crippen molar-refractivity contribution in [3.05, 3.63) is 52.0 Å². The van der Waals surface area contributed by atoms with Crippen LogP contribution in [0.3, 0.4) is 0 Å². The van der Waals surface area contributed by atoms with Gasteiger partial charge in [-0.05, 0) is 24.1 Å². The largest absolute Gasteiger partial charge is 0.378 e. The normalized spacial score (nSPS) is 12.3. The molecule has 0 aliphatic heterocycles. The van der Waals surface area contributed by atoms with Crippen molar-refractivity contribution >= 4 is 11.5 Å². The van der Waals surface area contributed by atoms with Crippen LogP contribution in [0.5, 0.6) is 0 Å². The van der Waals surface area contributed by atoms with E-state index in [-0.39, 0.29) is 23.4 Å². The maximum Gasteiger partial charge on any atom is 0.330 e. The van der Waals surface area contributed by atoms with Gasteiger partial charge in [0.2, 0.25) is 5.82 Å². The molecule has 0 radical (unpaired) electrons. The number of aromatic nitrogens is 2. The number of benzene rings is 1. The van der Waals surface area contributed by atoms with Crippen LogP contribution in [0.4, 0.5) is 15.9 Å². The van der Waals surface area contributed by atoms with Crippen molar-refractivity contribution < 1.29 is 9.31 Å². The van der Waals surface area contributed by atoms with Gasteiger partial charge in [0.1, 0.15) is 12.0 Å². The van der Waals surface area contributed by atoms with Crippen LogP contribution in [0.1, 0.15) is 24.9 Å². The topological polar surface area (TPSA) is 87.0 Å². The average molecular weight is 264 g/mol. The lowest BCUT2D eigenvalue weighted by atomic mass is 10.0. The highest BCUT2D eigenvalue weighted by molar-refractivity contribution is 5.52. The van der Waals surface area contributed by atoms with Crippen molar-refractivity contribution in [3.63, 3.8) is 0 Å². The molecule has 100 valence electrons. The van der Waals surface area contributed by atoms with Gasteiger partial charge in [0.15, 0.2) is 0 Å². The fourth-order valence-corrected chi connectivity index (χ4v) is 2.02. The summed E-state index contributed by atoms with van der Waals surface area (Å²) in [7, 11) is 0. The molecule has 2 N–H and O–H groups in total. The molecular formula is C12H13FN4O2. The summed E-state index contributed by atoms with van der Waals surface area (Å²) in [6, 6.07) is 5.71. The number of nitro groups is 1. The van der Waals surface area contributed by atoms with Crippen LogP contribution in [0.25, 0.3) is 0 Å².